The lowest BCUT2D eigenvalue weighted by molar-refractivity contribution is -0.276. The molecule has 0 spiro atoms. The Hall–Kier alpha value is -3.73. The number of aliphatic hydroxyl groups excluding tert-OH is 2. The van der Waals surface area contributed by atoms with Gasteiger partial charge in [-0.2, -0.15) is 0 Å². The molecule has 43 heavy (non-hydrogen) atoms. The van der Waals surface area contributed by atoms with E-state index in [9.17, 15) is 15.0 Å². The van der Waals surface area contributed by atoms with Crippen LogP contribution in [0.25, 0.3) is 11.0 Å². The standard InChI is InChI=1S/C34H38N4O5/c1-22-31(19-38-16-4-5-27(38)21-40)42-34(43-32(22)25-12-10-24(20-39)11-13-25)26-14-8-23(9-15-26)17-36-33(41)30-18-35-28-6-2-3-7-29(28)37-30/h2-3,6-15,18,22,27,31-32,34,39-40H,4-5,16-17,19-21H2,1H3,(H,36,41). The molecule has 3 aromatic carbocycles. The number of fused-ring (bicyclic) bond motifs is 1. The van der Waals surface area contributed by atoms with Crippen molar-refractivity contribution in [1.29, 1.82) is 0 Å². The summed E-state index contributed by atoms with van der Waals surface area (Å²) in [6, 6.07) is 23.4. The van der Waals surface area contributed by atoms with Crippen molar-refractivity contribution >= 4 is 16.9 Å². The van der Waals surface area contributed by atoms with E-state index in [4.69, 9.17) is 9.47 Å². The van der Waals surface area contributed by atoms with Crippen LogP contribution in [0.1, 0.15) is 64.9 Å². The van der Waals surface area contributed by atoms with Crippen LogP contribution in [0.15, 0.2) is 79.0 Å². The summed E-state index contributed by atoms with van der Waals surface area (Å²) in [6.45, 7) is 4.32. The van der Waals surface area contributed by atoms with E-state index in [-0.39, 0.29) is 49.0 Å². The molecule has 9 nitrogen and oxygen atoms in total. The number of rotatable bonds is 9. The van der Waals surface area contributed by atoms with E-state index in [1.165, 1.54) is 6.20 Å². The van der Waals surface area contributed by atoms with Gasteiger partial charge in [0, 0.05) is 30.6 Å². The molecule has 0 radical (unpaired) electrons. The number of ether oxygens (including phenoxy) is 2. The zero-order valence-electron chi connectivity index (χ0n) is 24.3. The maximum absolute atomic E-state index is 12.8. The molecular formula is C34H38N4O5. The molecule has 1 aromatic heterocycles. The summed E-state index contributed by atoms with van der Waals surface area (Å²) in [5.41, 5.74) is 5.43. The summed E-state index contributed by atoms with van der Waals surface area (Å²) < 4.78 is 13.2. The Bertz CT molecular complexity index is 1530. The van der Waals surface area contributed by atoms with Crippen molar-refractivity contribution < 1.29 is 24.5 Å². The van der Waals surface area contributed by atoms with Crippen molar-refractivity contribution in [3.63, 3.8) is 0 Å². The highest BCUT2D eigenvalue weighted by Gasteiger charge is 2.40. The Morgan fingerprint density at radius 3 is 2.42 bits per heavy atom. The third kappa shape index (κ3) is 6.61. The highest BCUT2D eigenvalue weighted by atomic mass is 16.7. The number of carbonyl (C=O) groups is 1. The summed E-state index contributed by atoms with van der Waals surface area (Å²) in [7, 11) is 0. The van der Waals surface area contributed by atoms with E-state index in [1.54, 1.807) is 0 Å². The summed E-state index contributed by atoms with van der Waals surface area (Å²) in [4.78, 5) is 23.8. The Morgan fingerprint density at radius 1 is 0.953 bits per heavy atom. The Morgan fingerprint density at radius 2 is 1.67 bits per heavy atom. The van der Waals surface area contributed by atoms with Gasteiger partial charge < -0.3 is 25.0 Å². The van der Waals surface area contributed by atoms with Crippen molar-refractivity contribution in [2.45, 2.75) is 57.5 Å². The number of aliphatic hydroxyl groups is 2. The van der Waals surface area contributed by atoms with Gasteiger partial charge >= 0.3 is 0 Å². The number of hydrogen-bond acceptors (Lipinski definition) is 8. The predicted molar refractivity (Wildman–Crippen MR) is 162 cm³/mol. The Kier molecular flexibility index (Phi) is 9.06. The number of para-hydroxylation sites is 2. The predicted octanol–water partition coefficient (Wildman–Crippen LogP) is 4.30. The van der Waals surface area contributed by atoms with E-state index >= 15 is 0 Å². The number of carbonyl (C=O) groups excluding carboxylic acids is 1. The van der Waals surface area contributed by atoms with Gasteiger partial charge in [-0.05, 0) is 48.2 Å². The Labute approximate surface area is 251 Å². The maximum Gasteiger partial charge on any atom is 0.271 e. The third-order valence-corrected chi connectivity index (χ3v) is 8.63. The van der Waals surface area contributed by atoms with Gasteiger partial charge in [0.25, 0.3) is 5.91 Å². The minimum atomic E-state index is -0.574. The van der Waals surface area contributed by atoms with Crippen molar-refractivity contribution in [3.8, 4) is 0 Å². The Balaban J connectivity index is 1.16. The largest absolute Gasteiger partial charge is 0.395 e. The SMILES string of the molecule is CC1C(CN2CCCC2CO)OC(c2ccc(CNC(=O)c3cnc4ccccc4n3)cc2)OC1c1ccc(CO)cc1. The average Bonchev–Trinajstić information content (AvgIpc) is 3.51. The van der Waals surface area contributed by atoms with Crippen LogP contribution in [-0.2, 0) is 22.6 Å². The van der Waals surface area contributed by atoms with Gasteiger partial charge in [-0.15, -0.1) is 0 Å². The van der Waals surface area contributed by atoms with Gasteiger partial charge in [0.05, 0.1) is 42.7 Å². The first-order chi connectivity index (χ1) is 21.0. The lowest BCUT2D eigenvalue weighted by Gasteiger charge is -2.43. The quantitative estimate of drug-likeness (QED) is 0.268. The second kappa shape index (κ2) is 13.3. The molecule has 3 heterocycles. The normalized spacial score (nSPS) is 24.3. The van der Waals surface area contributed by atoms with E-state index in [1.807, 2.05) is 72.8 Å². The molecule has 2 fully saturated rings. The van der Waals surface area contributed by atoms with E-state index in [0.717, 1.165) is 53.7 Å². The molecule has 2 saturated heterocycles. The number of benzene rings is 3. The zero-order chi connectivity index (χ0) is 29.8. The van der Waals surface area contributed by atoms with Crippen molar-refractivity contribution in [2.75, 3.05) is 19.7 Å². The number of hydrogen-bond donors (Lipinski definition) is 3. The average molecular weight is 583 g/mol. The minimum absolute atomic E-state index is 0.00428. The number of aromatic nitrogens is 2. The first-order valence-electron chi connectivity index (χ1n) is 15.0. The summed E-state index contributed by atoms with van der Waals surface area (Å²) in [5, 5.41) is 22.3. The highest BCUT2D eigenvalue weighted by molar-refractivity contribution is 5.93. The van der Waals surface area contributed by atoms with Crippen LogP contribution in [0.2, 0.25) is 0 Å². The smallest absolute Gasteiger partial charge is 0.271 e. The third-order valence-electron chi connectivity index (χ3n) is 8.63. The van der Waals surface area contributed by atoms with Gasteiger partial charge in [-0.25, -0.2) is 4.98 Å². The second-order valence-corrected chi connectivity index (χ2v) is 11.5. The fourth-order valence-electron chi connectivity index (χ4n) is 6.03. The number of likely N-dealkylation sites (tertiary alicyclic amines) is 1. The number of amides is 1. The molecule has 224 valence electrons. The molecule has 6 rings (SSSR count). The van der Waals surface area contributed by atoms with Crippen molar-refractivity contribution in [2.24, 2.45) is 5.92 Å². The first-order valence-corrected chi connectivity index (χ1v) is 15.0. The molecule has 0 aliphatic carbocycles. The van der Waals surface area contributed by atoms with Gasteiger partial charge in [0.15, 0.2) is 6.29 Å². The van der Waals surface area contributed by atoms with Gasteiger partial charge in [0.1, 0.15) is 5.69 Å². The first kappa shape index (κ1) is 29.3. The topological polar surface area (TPSA) is 117 Å². The van der Waals surface area contributed by atoms with Crippen LogP contribution in [0, 0.1) is 5.92 Å². The summed E-state index contributed by atoms with van der Waals surface area (Å²) in [6.07, 6.45) is 2.69. The minimum Gasteiger partial charge on any atom is -0.395 e. The molecule has 0 bridgehead atoms. The van der Waals surface area contributed by atoms with Crippen LogP contribution in [0.4, 0.5) is 0 Å². The summed E-state index contributed by atoms with van der Waals surface area (Å²) >= 11 is 0. The highest BCUT2D eigenvalue weighted by Crippen LogP contribution is 2.42. The molecule has 4 aromatic rings. The van der Waals surface area contributed by atoms with Crippen molar-refractivity contribution in [1.82, 2.24) is 20.2 Å². The van der Waals surface area contributed by atoms with Crippen LogP contribution >= 0.6 is 0 Å². The molecule has 5 unspecified atom stereocenters. The molecule has 1 amide bonds. The summed E-state index contributed by atoms with van der Waals surface area (Å²) in [5.74, 6) is -0.208. The van der Waals surface area contributed by atoms with Gasteiger partial charge in [-0.1, -0.05) is 67.6 Å². The van der Waals surface area contributed by atoms with Crippen molar-refractivity contribution in [3.05, 3.63) is 107 Å². The van der Waals surface area contributed by atoms with E-state index in [0.29, 0.717) is 12.1 Å². The lowest BCUT2D eigenvalue weighted by Crippen LogP contribution is -2.46. The fraction of sp³-hybridized carbons (Fsp3) is 0.382. The monoisotopic (exact) mass is 582 g/mol. The fourth-order valence-corrected chi connectivity index (χ4v) is 6.03. The number of nitrogens with one attached hydrogen (secondary N) is 1. The number of nitrogens with zero attached hydrogens (tertiary/aromatic N) is 3. The molecule has 0 saturated carbocycles. The molecule has 3 N–H and O–H groups in total. The molecule has 2 aliphatic heterocycles. The van der Waals surface area contributed by atoms with Gasteiger partial charge in [-0.3, -0.25) is 14.7 Å². The van der Waals surface area contributed by atoms with E-state index < -0.39 is 6.29 Å². The van der Waals surface area contributed by atoms with Crippen LogP contribution in [0.3, 0.4) is 0 Å². The van der Waals surface area contributed by atoms with Gasteiger partial charge in [0.2, 0.25) is 0 Å². The zero-order valence-corrected chi connectivity index (χ0v) is 24.3. The van der Waals surface area contributed by atoms with Crippen LogP contribution < -0.4 is 5.32 Å². The lowest BCUT2D eigenvalue weighted by atomic mass is 9.90. The molecule has 2 aliphatic rings. The van der Waals surface area contributed by atoms with E-state index in [2.05, 4.69) is 27.1 Å². The van der Waals surface area contributed by atoms with Crippen LogP contribution in [0.5, 0.6) is 0 Å². The van der Waals surface area contributed by atoms with Crippen LogP contribution in [-0.4, -0.2) is 62.8 Å². The molecule has 5 atom stereocenters. The molecular weight excluding hydrogens is 544 g/mol. The second-order valence-electron chi connectivity index (χ2n) is 11.5. The maximum atomic E-state index is 12.8. The molecule has 9 heteroatoms.